The van der Waals surface area contributed by atoms with Crippen molar-refractivity contribution >= 4 is 27.0 Å². The second kappa shape index (κ2) is 7.89. The van der Waals surface area contributed by atoms with Crippen molar-refractivity contribution in [1.29, 1.82) is 0 Å². The van der Waals surface area contributed by atoms with E-state index in [-0.39, 0.29) is 17.0 Å². The fourth-order valence-corrected chi connectivity index (χ4v) is 3.41. The largest absolute Gasteiger partial charge is 0.473 e. The summed E-state index contributed by atoms with van der Waals surface area (Å²) in [4.78, 5) is 13.7. The van der Waals surface area contributed by atoms with Crippen molar-refractivity contribution in [2.45, 2.75) is 43.7 Å². The van der Waals surface area contributed by atoms with Gasteiger partial charge in [-0.15, -0.1) is 0 Å². The zero-order chi connectivity index (χ0) is 21.3. The number of hydrogen-bond acceptors (Lipinski definition) is 7. The summed E-state index contributed by atoms with van der Waals surface area (Å²) >= 11 is 0. The number of benzene rings is 1. The van der Waals surface area contributed by atoms with Gasteiger partial charge >= 0.3 is 0 Å². The first-order valence-electron chi connectivity index (χ1n) is 9.51. The zero-order valence-electron chi connectivity index (χ0n) is 16.6. The number of anilines is 1. The summed E-state index contributed by atoms with van der Waals surface area (Å²) in [6, 6.07) is 9.85. The minimum absolute atomic E-state index is 0.0672. The van der Waals surface area contributed by atoms with Crippen LogP contribution in [0.15, 0.2) is 41.3 Å². The highest BCUT2D eigenvalue weighted by atomic mass is 32.2. The molecule has 0 aliphatic heterocycles. The maximum atomic E-state index is 11.4. The highest BCUT2D eigenvalue weighted by molar-refractivity contribution is 7.89. The number of ether oxygens (including phenoxy) is 1. The van der Waals surface area contributed by atoms with E-state index in [0.29, 0.717) is 28.6 Å². The first kappa shape index (κ1) is 20.1. The van der Waals surface area contributed by atoms with Gasteiger partial charge < -0.3 is 10.1 Å². The Morgan fingerprint density at radius 2 is 1.87 bits per heavy atom. The number of fused-ring (bicyclic) bond motifs is 1. The van der Waals surface area contributed by atoms with Gasteiger partial charge in [0, 0.05) is 0 Å². The zero-order valence-corrected chi connectivity index (χ0v) is 17.4. The van der Waals surface area contributed by atoms with Crippen LogP contribution < -0.4 is 15.2 Å². The van der Waals surface area contributed by atoms with E-state index >= 15 is 0 Å². The van der Waals surface area contributed by atoms with Gasteiger partial charge in [-0.25, -0.2) is 23.5 Å². The Labute approximate surface area is 175 Å². The molecule has 8 nitrogen and oxygen atoms in total. The second-order valence-electron chi connectivity index (χ2n) is 7.09. The molecule has 30 heavy (non-hydrogen) atoms. The van der Waals surface area contributed by atoms with Crippen LogP contribution in [0, 0.1) is 11.8 Å². The van der Waals surface area contributed by atoms with Crippen LogP contribution in [-0.2, 0) is 10.0 Å². The van der Waals surface area contributed by atoms with Gasteiger partial charge in [0.2, 0.25) is 21.9 Å². The van der Waals surface area contributed by atoms with Crippen LogP contribution >= 0.6 is 0 Å². The first-order valence-corrected chi connectivity index (χ1v) is 11.1. The molecule has 0 bridgehead atoms. The van der Waals surface area contributed by atoms with Crippen molar-refractivity contribution in [3.63, 3.8) is 0 Å². The van der Waals surface area contributed by atoms with Gasteiger partial charge in [0.15, 0.2) is 5.52 Å². The number of rotatable bonds is 6. The van der Waals surface area contributed by atoms with Crippen LogP contribution in [0.25, 0.3) is 11.0 Å². The Bertz CT molecular complexity index is 1260. The average molecular weight is 423 g/mol. The standard InChI is InChI=1S/C21H21N5O3S/c1-3-4-15-7-12-18-19(24-15)20(29-16-8-9-16)26-21(25-18)23-13(2)14-5-10-17(11-6-14)30(22,27)28/h5-7,10-13,16H,8-9H2,1-2H3,(H2,22,27,28)(H,23,25,26)/t13-/m1/s1. The predicted octanol–water partition coefficient (Wildman–Crippen LogP) is 2.76. The molecule has 0 saturated heterocycles. The normalized spacial score (nSPS) is 14.6. The molecule has 1 aliphatic rings. The van der Waals surface area contributed by atoms with Gasteiger partial charge in [0.25, 0.3) is 0 Å². The van der Waals surface area contributed by atoms with Crippen LogP contribution in [0.3, 0.4) is 0 Å². The molecule has 1 fully saturated rings. The van der Waals surface area contributed by atoms with Crippen LogP contribution in [-0.4, -0.2) is 29.5 Å². The number of sulfonamides is 1. The highest BCUT2D eigenvalue weighted by Gasteiger charge is 2.26. The molecule has 2 aromatic heterocycles. The second-order valence-corrected chi connectivity index (χ2v) is 8.65. The van der Waals surface area contributed by atoms with E-state index in [1.165, 1.54) is 12.1 Å². The number of aromatic nitrogens is 3. The van der Waals surface area contributed by atoms with E-state index < -0.39 is 10.0 Å². The quantitative estimate of drug-likeness (QED) is 0.585. The van der Waals surface area contributed by atoms with E-state index in [1.807, 2.05) is 19.1 Å². The average Bonchev–Trinajstić information content (AvgIpc) is 3.52. The molecule has 1 saturated carbocycles. The van der Waals surface area contributed by atoms with Crippen molar-refractivity contribution in [2.24, 2.45) is 5.14 Å². The Kier molecular flexibility index (Phi) is 5.28. The lowest BCUT2D eigenvalue weighted by atomic mass is 10.1. The molecule has 9 heteroatoms. The van der Waals surface area contributed by atoms with Gasteiger partial charge in [-0.1, -0.05) is 18.1 Å². The number of hydrogen-bond donors (Lipinski definition) is 2. The molecule has 3 aromatic rings. The summed E-state index contributed by atoms with van der Waals surface area (Å²) in [5, 5.41) is 8.40. The third kappa shape index (κ3) is 4.50. The van der Waals surface area contributed by atoms with E-state index in [1.54, 1.807) is 19.1 Å². The molecule has 0 radical (unpaired) electrons. The highest BCUT2D eigenvalue weighted by Crippen LogP contribution is 2.31. The van der Waals surface area contributed by atoms with Crippen molar-refractivity contribution in [2.75, 3.05) is 5.32 Å². The van der Waals surface area contributed by atoms with Crippen LogP contribution in [0.5, 0.6) is 5.88 Å². The van der Waals surface area contributed by atoms with Crippen molar-refractivity contribution in [1.82, 2.24) is 15.0 Å². The molecular formula is C21H21N5O3S. The van der Waals surface area contributed by atoms with Crippen LogP contribution in [0.2, 0.25) is 0 Å². The molecule has 154 valence electrons. The Morgan fingerprint density at radius 1 is 1.13 bits per heavy atom. The lowest BCUT2D eigenvalue weighted by Gasteiger charge is -2.16. The summed E-state index contributed by atoms with van der Waals surface area (Å²) in [5.41, 5.74) is 2.74. The first-order chi connectivity index (χ1) is 14.3. The molecule has 1 aliphatic carbocycles. The fraction of sp³-hybridized carbons (Fsp3) is 0.286. The Hall–Kier alpha value is -3.22. The van der Waals surface area contributed by atoms with Crippen molar-refractivity contribution < 1.29 is 13.2 Å². The van der Waals surface area contributed by atoms with Gasteiger partial charge in [0.1, 0.15) is 11.8 Å². The third-order valence-corrected chi connectivity index (χ3v) is 5.55. The smallest absolute Gasteiger partial charge is 0.245 e. The minimum Gasteiger partial charge on any atom is -0.473 e. The van der Waals surface area contributed by atoms with Crippen LogP contribution in [0.4, 0.5) is 5.95 Å². The van der Waals surface area contributed by atoms with E-state index in [0.717, 1.165) is 18.4 Å². The number of primary sulfonamides is 1. The Balaban J connectivity index is 1.64. The van der Waals surface area contributed by atoms with E-state index in [4.69, 9.17) is 9.88 Å². The van der Waals surface area contributed by atoms with Crippen LogP contribution in [0.1, 0.15) is 44.0 Å². The Morgan fingerprint density at radius 3 is 2.50 bits per heavy atom. The summed E-state index contributed by atoms with van der Waals surface area (Å²) in [5.74, 6) is 6.61. The molecule has 1 aromatic carbocycles. The number of nitrogens with two attached hydrogens (primary N) is 1. The minimum atomic E-state index is -3.73. The molecule has 0 amide bonds. The van der Waals surface area contributed by atoms with Gasteiger partial charge in [-0.2, -0.15) is 4.98 Å². The van der Waals surface area contributed by atoms with Gasteiger partial charge in [-0.3, -0.25) is 0 Å². The van der Waals surface area contributed by atoms with E-state index in [2.05, 4.69) is 32.1 Å². The molecule has 0 spiro atoms. The fourth-order valence-electron chi connectivity index (χ4n) is 2.90. The van der Waals surface area contributed by atoms with Gasteiger partial charge in [-0.05, 0) is 62.4 Å². The summed E-state index contributed by atoms with van der Waals surface area (Å²) < 4.78 is 28.8. The SMILES string of the molecule is CC#Cc1ccc2nc(N[C@H](C)c3ccc(S(N)(=O)=O)cc3)nc(OC3CC3)c2n1. The maximum Gasteiger partial charge on any atom is 0.245 e. The number of pyridine rings is 1. The molecule has 4 rings (SSSR count). The maximum absolute atomic E-state index is 11.4. The number of nitrogens with one attached hydrogen (secondary N) is 1. The number of nitrogens with zero attached hydrogens (tertiary/aromatic N) is 3. The molecule has 0 unspecified atom stereocenters. The topological polar surface area (TPSA) is 120 Å². The van der Waals surface area contributed by atoms with Gasteiger partial charge in [0.05, 0.1) is 16.5 Å². The predicted molar refractivity (Wildman–Crippen MR) is 113 cm³/mol. The monoisotopic (exact) mass is 423 g/mol. The molecule has 1 atom stereocenters. The van der Waals surface area contributed by atoms with Crippen molar-refractivity contribution in [3.05, 3.63) is 47.7 Å². The molecule has 2 heterocycles. The lowest BCUT2D eigenvalue weighted by molar-refractivity contribution is 0.294. The summed E-state index contributed by atoms with van der Waals surface area (Å²) in [6.07, 6.45) is 2.15. The lowest BCUT2D eigenvalue weighted by Crippen LogP contribution is -2.13. The molecule has 3 N–H and O–H groups in total. The summed E-state index contributed by atoms with van der Waals surface area (Å²) in [7, 11) is -3.73. The third-order valence-electron chi connectivity index (χ3n) is 4.62. The van der Waals surface area contributed by atoms with E-state index in [9.17, 15) is 8.42 Å². The van der Waals surface area contributed by atoms with Crippen molar-refractivity contribution in [3.8, 4) is 17.7 Å². The molecular weight excluding hydrogens is 402 g/mol. The summed E-state index contributed by atoms with van der Waals surface area (Å²) in [6.45, 7) is 3.69.